The molecule has 0 radical (unpaired) electrons. The van der Waals surface area contributed by atoms with Gasteiger partial charge in [-0.3, -0.25) is 9.69 Å². The van der Waals surface area contributed by atoms with Crippen molar-refractivity contribution in [1.82, 2.24) is 15.1 Å². The number of phenolic OH excluding ortho intramolecular Hbond substituents is 1. The van der Waals surface area contributed by atoms with E-state index in [1.165, 1.54) is 5.56 Å². The summed E-state index contributed by atoms with van der Waals surface area (Å²) < 4.78 is 11.0. The minimum Gasteiger partial charge on any atom is -0.508 e. The van der Waals surface area contributed by atoms with Crippen molar-refractivity contribution in [2.45, 2.75) is 38.0 Å². The lowest BCUT2D eigenvalue weighted by Crippen LogP contribution is -2.47. The zero-order chi connectivity index (χ0) is 28.1. The zero-order valence-electron chi connectivity index (χ0n) is 23.0. The lowest BCUT2D eigenvalue weighted by atomic mass is 9.98. The van der Waals surface area contributed by atoms with Crippen molar-refractivity contribution in [3.63, 3.8) is 0 Å². The summed E-state index contributed by atoms with van der Waals surface area (Å²) in [5.41, 5.74) is 4.16. The molecule has 0 spiro atoms. The van der Waals surface area contributed by atoms with Crippen LogP contribution in [0.25, 0.3) is 6.08 Å². The van der Waals surface area contributed by atoms with Crippen LogP contribution in [0.5, 0.6) is 17.2 Å². The molecule has 0 unspecified atom stereocenters. The third-order valence-corrected chi connectivity index (χ3v) is 8.03. The van der Waals surface area contributed by atoms with Crippen LogP contribution in [0, 0.1) is 0 Å². The second-order valence-electron chi connectivity index (χ2n) is 10.4. The van der Waals surface area contributed by atoms with Crippen LogP contribution in [0.3, 0.4) is 0 Å². The molecule has 2 N–H and O–H groups in total. The molecular weight excluding hydrogens is 526 g/mol. The van der Waals surface area contributed by atoms with Gasteiger partial charge in [-0.15, -0.1) is 0 Å². The number of nitrogens with zero attached hydrogens (tertiary/aromatic N) is 2. The highest BCUT2D eigenvalue weighted by atomic mass is 35.5. The maximum Gasteiger partial charge on any atom is 0.240 e. The summed E-state index contributed by atoms with van der Waals surface area (Å²) in [5, 5.41) is 14.4. The molecule has 5 rings (SSSR count). The molecule has 2 heterocycles. The first-order valence-corrected chi connectivity index (χ1v) is 14.0. The smallest absolute Gasteiger partial charge is 0.240 e. The van der Waals surface area contributed by atoms with Crippen LogP contribution < -0.4 is 14.8 Å². The number of hydrogen-bond acceptors (Lipinski definition) is 6. The molecule has 2 atom stereocenters. The molecule has 40 heavy (non-hydrogen) atoms. The van der Waals surface area contributed by atoms with Crippen molar-refractivity contribution in [3.8, 4) is 17.2 Å². The van der Waals surface area contributed by atoms with Crippen LogP contribution in [-0.4, -0.2) is 66.8 Å². The molecule has 3 aromatic carbocycles. The Labute approximate surface area is 241 Å². The summed E-state index contributed by atoms with van der Waals surface area (Å²) in [5.74, 6) is 1.75. The fourth-order valence-corrected chi connectivity index (χ4v) is 5.83. The Kier molecular flexibility index (Phi) is 8.94. The minimum atomic E-state index is -0.243. The first kappa shape index (κ1) is 28.0. The predicted octanol–water partition coefficient (Wildman–Crippen LogP) is 4.89. The van der Waals surface area contributed by atoms with Crippen molar-refractivity contribution in [3.05, 3.63) is 94.0 Å². The molecule has 2 aliphatic rings. The molecule has 2 aliphatic heterocycles. The minimum absolute atomic E-state index is 0.0962. The summed E-state index contributed by atoms with van der Waals surface area (Å²) in [7, 11) is 3.27. The number of rotatable bonds is 9. The van der Waals surface area contributed by atoms with E-state index in [1.807, 2.05) is 35.2 Å². The van der Waals surface area contributed by atoms with Gasteiger partial charge >= 0.3 is 0 Å². The number of aromatic hydroxyl groups is 1. The number of halogens is 1. The van der Waals surface area contributed by atoms with Gasteiger partial charge in [0.15, 0.2) is 11.5 Å². The summed E-state index contributed by atoms with van der Waals surface area (Å²) in [6, 6.07) is 19.1. The molecule has 0 aromatic heterocycles. The number of carbonyl (C=O) groups excluding carboxylic acids is 1. The molecule has 0 bridgehead atoms. The van der Waals surface area contributed by atoms with Crippen molar-refractivity contribution in [2.24, 2.45) is 0 Å². The molecule has 210 valence electrons. The largest absolute Gasteiger partial charge is 0.508 e. The third-order valence-electron chi connectivity index (χ3n) is 7.79. The number of carbonyl (C=O) groups is 1. The van der Waals surface area contributed by atoms with Crippen LogP contribution in [0.4, 0.5) is 0 Å². The maximum absolute atomic E-state index is 14.0. The Bertz CT molecular complexity index is 1360. The van der Waals surface area contributed by atoms with E-state index in [0.717, 1.165) is 29.7 Å². The van der Waals surface area contributed by atoms with E-state index in [2.05, 4.69) is 34.5 Å². The second kappa shape index (κ2) is 12.8. The van der Waals surface area contributed by atoms with Gasteiger partial charge in [-0.05, 0) is 59.9 Å². The number of nitrogens with one attached hydrogen (secondary N) is 1. The maximum atomic E-state index is 14.0. The van der Waals surface area contributed by atoms with E-state index in [-0.39, 0.29) is 23.7 Å². The molecule has 1 saturated heterocycles. The van der Waals surface area contributed by atoms with Crippen molar-refractivity contribution < 1.29 is 19.4 Å². The molecule has 0 aliphatic carbocycles. The Morgan fingerprint density at radius 1 is 1.07 bits per heavy atom. The second-order valence-corrected chi connectivity index (χ2v) is 10.8. The highest BCUT2D eigenvalue weighted by Crippen LogP contribution is 2.34. The molecule has 1 amide bonds. The molecule has 3 aromatic rings. The number of phenols is 1. The van der Waals surface area contributed by atoms with Crippen LogP contribution >= 0.6 is 11.6 Å². The summed E-state index contributed by atoms with van der Waals surface area (Å²) in [4.78, 5) is 18.2. The summed E-state index contributed by atoms with van der Waals surface area (Å²) >= 11 is 6.15. The number of fused-ring (bicyclic) bond motifs is 1. The Hall–Kier alpha value is -3.52. The van der Waals surface area contributed by atoms with E-state index in [9.17, 15) is 9.90 Å². The van der Waals surface area contributed by atoms with Gasteiger partial charge < -0.3 is 24.8 Å². The van der Waals surface area contributed by atoms with E-state index in [1.54, 1.807) is 32.4 Å². The molecular formula is C32H36ClN3O4. The van der Waals surface area contributed by atoms with Gasteiger partial charge in [0.05, 0.1) is 20.3 Å². The lowest BCUT2D eigenvalue weighted by molar-refractivity contribution is -0.136. The van der Waals surface area contributed by atoms with Crippen molar-refractivity contribution in [1.29, 1.82) is 0 Å². The number of likely N-dealkylation sites (tertiary alicyclic amines) is 1. The topological polar surface area (TPSA) is 74.3 Å². The zero-order valence-corrected chi connectivity index (χ0v) is 23.7. The van der Waals surface area contributed by atoms with Gasteiger partial charge in [-0.25, -0.2) is 0 Å². The molecule has 1 fully saturated rings. The number of amides is 1. The van der Waals surface area contributed by atoms with Crippen LogP contribution in [0.1, 0.15) is 28.7 Å². The fraction of sp³-hybridized carbons (Fsp3) is 0.344. The lowest BCUT2D eigenvalue weighted by Gasteiger charge is -2.33. The van der Waals surface area contributed by atoms with Crippen LogP contribution in [0.15, 0.2) is 66.7 Å². The van der Waals surface area contributed by atoms with E-state index in [4.69, 9.17) is 21.1 Å². The monoisotopic (exact) mass is 561 g/mol. The molecule has 0 saturated carbocycles. The first-order chi connectivity index (χ1) is 19.4. The van der Waals surface area contributed by atoms with Crippen molar-refractivity contribution >= 4 is 23.6 Å². The Morgan fingerprint density at radius 3 is 2.58 bits per heavy atom. The third kappa shape index (κ3) is 6.44. The highest BCUT2D eigenvalue weighted by molar-refractivity contribution is 6.30. The Balaban J connectivity index is 1.31. The molecule has 8 heteroatoms. The Morgan fingerprint density at radius 2 is 1.82 bits per heavy atom. The van der Waals surface area contributed by atoms with Gasteiger partial charge in [0.2, 0.25) is 5.91 Å². The van der Waals surface area contributed by atoms with E-state index in [0.29, 0.717) is 49.1 Å². The number of hydrogen-bond donors (Lipinski definition) is 2. The summed E-state index contributed by atoms with van der Waals surface area (Å²) in [6.07, 6.45) is 5.69. The van der Waals surface area contributed by atoms with E-state index < -0.39 is 0 Å². The van der Waals surface area contributed by atoms with Gasteiger partial charge in [-0.2, -0.15) is 0 Å². The van der Waals surface area contributed by atoms with Crippen LogP contribution in [-0.2, 0) is 24.3 Å². The van der Waals surface area contributed by atoms with Gasteiger partial charge in [-0.1, -0.05) is 54.1 Å². The summed E-state index contributed by atoms with van der Waals surface area (Å²) in [6.45, 7) is 3.09. The normalized spacial score (nSPS) is 19.1. The van der Waals surface area contributed by atoms with Gasteiger partial charge in [0.25, 0.3) is 0 Å². The average molecular weight is 562 g/mol. The van der Waals surface area contributed by atoms with E-state index >= 15 is 0 Å². The van der Waals surface area contributed by atoms with Gasteiger partial charge in [0, 0.05) is 49.4 Å². The highest BCUT2D eigenvalue weighted by Gasteiger charge is 2.39. The number of benzene rings is 3. The average Bonchev–Trinajstić information content (AvgIpc) is 3.39. The van der Waals surface area contributed by atoms with Crippen LogP contribution in [0.2, 0.25) is 5.02 Å². The predicted molar refractivity (Wildman–Crippen MR) is 158 cm³/mol. The number of methoxy groups -OCH3 is 2. The molecule has 7 nitrogen and oxygen atoms in total. The van der Waals surface area contributed by atoms with Crippen molar-refractivity contribution in [2.75, 3.05) is 33.9 Å². The fourth-order valence-electron chi connectivity index (χ4n) is 5.63. The quantitative estimate of drug-likeness (QED) is 0.387. The SMILES string of the molecule is COc1cc2c(cc1OC)CN(C(=O)[C@@H]1C[C@@H](NCc3cc(Cl)ccc3O)CN1CC=Cc1ccccc1)CC2. The standard InChI is InChI=1S/C32H36ClN3O4/c1-39-30-16-23-12-14-36(20-25(23)17-31(30)40-2)32(38)28-18-27(34-19-24-15-26(33)10-11-29(24)37)21-35(28)13-6-9-22-7-4-3-5-8-22/h3-11,15-17,27-28,34,37H,12-14,18-21H2,1-2H3/t27-,28+/m1/s1. The number of ether oxygens (including phenoxy) is 2. The first-order valence-electron chi connectivity index (χ1n) is 13.6. The van der Waals surface area contributed by atoms with Gasteiger partial charge in [0.1, 0.15) is 5.75 Å².